The second kappa shape index (κ2) is 10.4. The van der Waals surface area contributed by atoms with Crippen LogP contribution in [0.4, 0.5) is 5.82 Å². The molecule has 0 aromatic carbocycles. The fraction of sp³-hybridized carbons (Fsp3) is 0.458. The van der Waals surface area contributed by atoms with E-state index < -0.39 is 0 Å². The smallest absolute Gasteiger partial charge is 0.350 e. The van der Waals surface area contributed by atoms with Gasteiger partial charge in [0.15, 0.2) is 0 Å². The number of imidazole rings is 1. The van der Waals surface area contributed by atoms with E-state index in [1.807, 2.05) is 22.9 Å². The molecule has 9 heteroatoms. The molecule has 2 N–H and O–H groups in total. The lowest BCUT2D eigenvalue weighted by Crippen LogP contribution is -2.26. The molecule has 2 aromatic rings. The summed E-state index contributed by atoms with van der Waals surface area (Å²) in [6, 6.07) is 3.77. The number of hydrogen-bond donors (Lipinski definition) is 1. The third-order valence-electron chi connectivity index (χ3n) is 6.00. The van der Waals surface area contributed by atoms with Gasteiger partial charge in [0.2, 0.25) is 0 Å². The van der Waals surface area contributed by atoms with Gasteiger partial charge in [-0.3, -0.25) is 4.57 Å². The first-order chi connectivity index (χ1) is 16.1. The molecule has 1 aliphatic carbocycles. The lowest BCUT2D eigenvalue weighted by molar-refractivity contribution is 0.419. The lowest BCUT2D eigenvalue weighted by atomic mass is 9.88. The highest BCUT2D eigenvalue weighted by Gasteiger charge is 2.22. The highest BCUT2D eigenvalue weighted by Crippen LogP contribution is 2.35. The summed E-state index contributed by atoms with van der Waals surface area (Å²) in [4.78, 5) is 21.0. The summed E-state index contributed by atoms with van der Waals surface area (Å²) < 4.78 is 3.63. The molecule has 2 aliphatic rings. The van der Waals surface area contributed by atoms with Gasteiger partial charge in [-0.15, -0.1) is 11.8 Å². The van der Waals surface area contributed by atoms with Gasteiger partial charge in [0.05, 0.1) is 23.2 Å². The average Bonchev–Trinajstić information content (AvgIpc) is 3.50. The molecule has 0 unspecified atom stereocenters. The van der Waals surface area contributed by atoms with Gasteiger partial charge in [-0.2, -0.15) is 15.5 Å². The first kappa shape index (κ1) is 22.7. The van der Waals surface area contributed by atoms with Crippen molar-refractivity contribution in [2.24, 2.45) is 0 Å². The fourth-order valence-electron chi connectivity index (χ4n) is 4.36. The van der Waals surface area contributed by atoms with Crippen LogP contribution in [0.2, 0.25) is 0 Å². The molecule has 8 nitrogen and oxygen atoms in total. The van der Waals surface area contributed by atoms with Crippen LogP contribution in [0.25, 0.3) is 6.08 Å². The van der Waals surface area contributed by atoms with Crippen molar-refractivity contribution in [3.8, 4) is 24.0 Å². The third-order valence-corrected chi connectivity index (χ3v) is 7.37. The molecule has 1 saturated carbocycles. The maximum absolute atomic E-state index is 12.3. The van der Waals surface area contributed by atoms with E-state index in [9.17, 15) is 4.79 Å². The van der Waals surface area contributed by atoms with Crippen molar-refractivity contribution in [2.75, 3.05) is 11.5 Å². The van der Waals surface area contributed by atoms with Gasteiger partial charge in [-0.1, -0.05) is 31.1 Å². The number of nitriles is 2. The third kappa shape index (κ3) is 5.30. The number of hydrogen-bond acceptors (Lipinski definition) is 7. The van der Waals surface area contributed by atoms with Crippen LogP contribution in [-0.2, 0) is 6.54 Å². The summed E-state index contributed by atoms with van der Waals surface area (Å²) in [5, 5.41) is 18.3. The van der Waals surface area contributed by atoms with Crippen LogP contribution in [0.1, 0.15) is 73.3 Å². The molecule has 33 heavy (non-hydrogen) atoms. The normalized spacial score (nSPS) is 18.1. The van der Waals surface area contributed by atoms with Gasteiger partial charge in [0.1, 0.15) is 29.4 Å². The van der Waals surface area contributed by atoms with Gasteiger partial charge in [0.25, 0.3) is 0 Å². The average molecular weight is 460 g/mol. The lowest BCUT2D eigenvalue weighted by Gasteiger charge is -2.21. The molecule has 0 spiro atoms. The molecular weight excluding hydrogens is 434 g/mol. The van der Waals surface area contributed by atoms with E-state index in [4.69, 9.17) is 21.2 Å². The minimum atomic E-state index is -0.339. The monoisotopic (exact) mass is 459 g/mol. The zero-order chi connectivity index (χ0) is 23.2. The summed E-state index contributed by atoms with van der Waals surface area (Å²) in [5.41, 5.74) is 6.79. The van der Waals surface area contributed by atoms with E-state index >= 15 is 0 Å². The molecule has 1 atom stereocenters. The summed E-state index contributed by atoms with van der Waals surface area (Å²) >= 11 is 1.74. The SMILES string of the molecule is N#CC(C#N)=Cc1cn(CC#Cc2cn([C@H]3CCCS3)c(=O)nc2N)c(C2CCCCC2)n1. The summed E-state index contributed by atoms with van der Waals surface area (Å²) in [5.74, 6) is 8.67. The molecule has 1 aliphatic heterocycles. The van der Waals surface area contributed by atoms with Crippen molar-refractivity contribution in [3.63, 3.8) is 0 Å². The van der Waals surface area contributed by atoms with E-state index in [2.05, 4.69) is 16.8 Å². The van der Waals surface area contributed by atoms with Crippen LogP contribution in [0.3, 0.4) is 0 Å². The van der Waals surface area contributed by atoms with Crippen LogP contribution >= 0.6 is 11.8 Å². The van der Waals surface area contributed by atoms with Crippen LogP contribution in [0.5, 0.6) is 0 Å². The zero-order valence-corrected chi connectivity index (χ0v) is 19.1. The first-order valence-electron chi connectivity index (χ1n) is 11.2. The van der Waals surface area contributed by atoms with Crippen LogP contribution in [0.15, 0.2) is 22.8 Å². The van der Waals surface area contributed by atoms with Gasteiger partial charge < -0.3 is 10.3 Å². The number of anilines is 1. The Morgan fingerprint density at radius 2 is 1.94 bits per heavy atom. The molecule has 0 radical (unpaired) electrons. The maximum Gasteiger partial charge on any atom is 0.350 e. The largest absolute Gasteiger partial charge is 0.382 e. The van der Waals surface area contributed by atoms with Gasteiger partial charge in [-0.05, 0) is 37.5 Å². The van der Waals surface area contributed by atoms with E-state index in [0.717, 1.165) is 37.3 Å². The van der Waals surface area contributed by atoms with E-state index in [1.54, 1.807) is 22.5 Å². The Balaban J connectivity index is 1.62. The van der Waals surface area contributed by atoms with E-state index in [0.29, 0.717) is 23.7 Å². The molecule has 2 fully saturated rings. The van der Waals surface area contributed by atoms with E-state index in [1.165, 1.54) is 25.3 Å². The maximum atomic E-state index is 12.3. The quantitative estimate of drug-likeness (QED) is 0.547. The molecule has 1 saturated heterocycles. The second-order valence-electron chi connectivity index (χ2n) is 8.27. The Morgan fingerprint density at radius 1 is 1.15 bits per heavy atom. The number of nitrogen functional groups attached to an aromatic ring is 1. The van der Waals surface area contributed by atoms with Crippen molar-refractivity contribution in [1.29, 1.82) is 10.5 Å². The summed E-state index contributed by atoms with van der Waals surface area (Å²) in [6.45, 7) is 0.387. The number of thioether (sulfide) groups is 1. The summed E-state index contributed by atoms with van der Waals surface area (Å²) in [6.07, 6.45) is 12.8. The molecule has 168 valence electrons. The molecule has 0 amide bonds. The van der Waals surface area contributed by atoms with Crippen LogP contribution in [0, 0.1) is 34.5 Å². The molecule has 4 rings (SSSR count). The summed E-state index contributed by atoms with van der Waals surface area (Å²) in [7, 11) is 0. The number of nitrogens with two attached hydrogens (primary N) is 1. The van der Waals surface area contributed by atoms with Crippen LogP contribution in [-0.4, -0.2) is 24.9 Å². The topological polar surface area (TPSA) is 126 Å². The Hall–Kier alpha value is -3.48. The zero-order valence-electron chi connectivity index (χ0n) is 18.3. The predicted molar refractivity (Wildman–Crippen MR) is 128 cm³/mol. The predicted octanol–water partition coefficient (Wildman–Crippen LogP) is 3.58. The minimum absolute atomic E-state index is 0.0202. The number of aromatic nitrogens is 4. The molecular formula is C24H25N7OS. The molecule has 0 bridgehead atoms. The Morgan fingerprint density at radius 3 is 2.64 bits per heavy atom. The molecule has 2 aromatic heterocycles. The van der Waals surface area contributed by atoms with Gasteiger partial charge in [0, 0.05) is 18.3 Å². The first-order valence-corrected chi connectivity index (χ1v) is 12.2. The van der Waals surface area contributed by atoms with Gasteiger partial charge >= 0.3 is 5.69 Å². The standard InChI is InChI=1S/C24H25N7OS/c25-13-17(14-26)12-20-16-30(23(28-20)18-6-2-1-3-7-18)10-4-8-19-15-31(21-9-5-11-33-21)24(32)29-22(19)27/h12,15-16,18,21H,1-3,5-7,9-11H2,(H2,27,29,32)/t21-/m1/s1. The van der Waals surface area contributed by atoms with Crippen molar-refractivity contribution >= 4 is 23.7 Å². The second-order valence-corrected chi connectivity index (χ2v) is 9.55. The fourth-order valence-corrected chi connectivity index (χ4v) is 5.61. The van der Waals surface area contributed by atoms with Crippen molar-refractivity contribution in [1.82, 2.24) is 19.1 Å². The van der Waals surface area contributed by atoms with Crippen molar-refractivity contribution in [3.05, 3.63) is 45.5 Å². The van der Waals surface area contributed by atoms with Crippen molar-refractivity contribution in [2.45, 2.75) is 62.8 Å². The highest BCUT2D eigenvalue weighted by molar-refractivity contribution is 7.99. The number of allylic oxidation sites excluding steroid dienone is 1. The van der Waals surface area contributed by atoms with E-state index in [-0.39, 0.29) is 22.5 Å². The van der Waals surface area contributed by atoms with Gasteiger partial charge in [-0.25, -0.2) is 9.78 Å². The minimum Gasteiger partial charge on any atom is -0.382 e. The molecule has 3 heterocycles. The van der Waals surface area contributed by atoms with Crippen LogP contribution < -0.4 is 11.4 Å². The Kier molecular flexibility index (Phi) is 7.17. The highest BCUT2D eigenvalue weighted by atomic mass is 32.2. The number of rotatable bonds is 4. The number of nitrogens with zero attached hydrogens (tertiary/aromatic N) is 6. The Labute approximate surface area is 197 Å². The van der Waals surface area contributed by atoms with Crippen molar-refractivity contribution < 1.29 is 0 Å². The Bertz CT molecular complexity index is 1240.